The fourth-order valence-corrected chi connectivity index (χ4v) is 5.50. The van der Waals surface area contributed by atoms with E-state index < -0.39 is 0 Å². The molecule has 0 spiro atoms. The monoisotopic (exact) mass is 272 g/mol. The van der Waals surface area contributed by atoms with Gasteiger partial charge in [-0.15, -0.1) is 0 Å². The van der Waals surface area contributed by atoms with Crippen LogP contribution in [0.15, 0.2) is 23.3 Å². The molecule has 0 saturated heterocycles. The van der Waals surface area contributed by atoms with Gasteiger partial charge in [-0.25, -0.2) is 0 Å². The Kier molecular flexibility index (Phi) is 2.76. The van der Waals surface area contributed by atoms with Crippen LogP contribution >= 0.6 is 0 Å². The molecule has 0 radical (unpaired) electrons. The lowest BCUT2D eigenvalue weighted by Gasteiger charge is -2.51. The second kappa shape index (κ2) is 4.30. The Hall–Kier alpha value is -0.890. The molecule has 20 heavy (non-hydrogen) atoms. The highest BCUT2D eigenvalue weighted by atomic mass is 16.3. The zero-order chi connectivity index (χ0) is 13.9. The highest BCUT2D eigenvalue weighted by Gasteiger charge is 2.51. The fourth-order valence-electron chi connectivity index (χ4n) is 5.50. The van der Waals surface area contributed by atoms with Crippen LogP contribution in [0.5, 0.6) is 0 Å². The first kappa shape index (κ1) is 12.8. The van der Waals surface area contributed by atoms with Crippen molar-refractivity contribution in [2.75, 3.05) is 0 Å². The molecule has 0 aromatic carbocycles. The Bertz CT molecular complexity index is 516. The predicted molar refractivity (Wildman–Crippen MR) is 78.1 cm³/mol. The van der Waals surface area contributed by atoms with Gasteiger partial charge in [0.2, 0.25) is 0 Å². The van der Waals surface area contributed by atoms with E-state index in [1.54, 1.807) is 5.57 Å². The number of fused-ring (bicyclic) bond motifs is 5. The van der Waals surface area contributed by atoms with Crippen molar-refractivity contribution < 1.29 is 9.90 Å². The third kappa shape index (κ3) is 1.64. The molecule has 0 aromatic rings. The maximum absolute atomic E-state index is 11.6. The minimum atomic E-state index is -0.164. The Labute approximate surface area is 120 Å². The predicted octanol–water partition coefficient (Wildman–Crippen LogP) is 3.41. The van der Waals surface area contributed by atoms with Crippen molar-refractivity contribution in [3.8, 4) is 0 Å². The average Bonchev–Trinajstić information content (AvgIpc) is 2.74. The zero-order valence-corrected chi connectivity index (χ0v) is 12.3. The maximum Gasteiger partial charge on any atom is 0.155 e. The Morgan fingerprint density at radius 2 is 2.00 bits per heavy atom. The summed E-state index contributed by atoms with van der Waals surface area (Å²) in [5.41, 5.74) is 3.04. The molecule has 0 bridgehead atoms. The summed E-state index contributed by atoms with van der Waals surface area (Å²) in [6, 6.07) is 0. The van der Waals surface area contributed by atoms with Crippen molar-refractivity contribution in [2.45, 2.75) is 58.0 Å². The van der Waals surface area contributed by atoms with Gasteiger partial charge >= 0.3 is 0 Å². The number of allylic oxidation sites excluding steroid dienone is 2. The number of carbonyl (C=O) groups excluding carboxylic acids is 1. The Balaban J connectivity index is 1.66. The highest BCUT2D eigenvalue weighted by Crippen LogP contribution is 2.59. The molecule has 2 saturated carbocycles. The molecular weight excluding hydrogens is 248 g/mol. The largest absolute Gasteiger partial charge is 0.392 e. The summed E-state index contributed by atoms with van der Waals surface area (Å²) in [4.78, 5) is 11.6. The van der Waals surface area contributed by atoms with Gasteiger partial charge in [-0.05, 0) is 62.4 Å². The van der Waals surface area contributed by atoms with Crippen molar-refractivity contribution in [3.63, 3.8) is 0 Å². The third-order valence-corrected chi connectivity index (χ3v) is 6.65. The summed E-state index contributed by atoms with van der Waals surface area (Å²) in [5, 5.41) is 10.3. The maximum atomic E-state index is 11.6. The van der Waals surface area contributed by atoms with E-state index in [2.05, 4.69) is 13.0 Å². The molecule has 108 valence electrons. The van der Waals surface area contributed by atoms with E-state index in [0.717, 1.165) is 38.0 Å². The van der Waals surface area contributed by atoms with E-state index in [-0.39, 0.29) is 11.5 Å². The lowest BCUT2D eigenvalue weighted by molar-refractivity contribution is -0.115. The van der Waals surface area contributed by atoms with Gasteiger partial charge in [-0.1, -0.05) is 24.1 Å². The molecule has 4 aliphatic carbocycles. The molecule has 4 aliphatic rings. The van der Waals surface area contributed by atoms with E-state index in [1.165, 1.54) is 18.4 Å². The number of carbonyl (C=O) groups is 1. The van der Waals surface area contributed by atoms with Gasteiger partial charge in [0.1, 0.15) is 0 Å². The summed E-state index contributed by atoms with van der Waals surface area (Å²) in [5.74, 6) is 2.38. The van der Waals surface area contributed by atoms with E-state index in [4.69, 9.17) is 0 Å². The number of rotatable bonds is 0. The summed E-state index contributed by atoms with van der Waals surface area (Å²) in [6.45, 7) is 2.27. The minimum Gasteiger partial charge on any atom is -0.392 e. The van der Waals surface area contributed by atoms with Crippen LogP contribution in [0.1, 0.15) is 51.9 Å². The van der Waals surface area contributed by atoms with Crippen LogP contribution in [0.4, 0.5) is 0 Å². The molecule has 2 heteroatoms. The lowest BCUT2D eigenvalue weighted by Crippen LogP contribution is -2.44. The molecule has 5 unspecified atom stereocenters. The van der Waals surface area contributed by atoms with Gasteiger partial charge in [0, 0.05) is 11.8 Å². The van der Waals surface area contributed by atoms with Gasteiger partial charge in [0.05, 0.1) is 6.10 Å². The molecule has 0 aromatic heterocycles. The van der Waals surface area contributed by atoms with Crippen LogP contribution in [-0.2, 0) is 4.79 Å². The number of hydrogen-bond donors (Lipinski definition) is 1. The van der Waals surface area contributed by atoms with Crippen molar-refractivity contribution in [3.05, 3.63) is 23.3 Å². The molecule has 1 N–H and O–H groups in total. The van der Waals surface area contributed by atoms with Crippen LogP contribution in [0.3, 0.4) is 0 Å². The van der Waals surface area contributed by atoms with E-state index in [1.807, 2.05) is 6.08 Å². The summed E-state index contributed by atoms with van der Waals surface area (Å²) >= 11 is 0. The van der Waals surface area contributed by atoms with Crippen LogP contribution in [0.2, 0.25) is 0 Å². The zero-order valence-electron chi connectivity index (χ0n) is 12.3. The number of hydrogen-bond acceptors (Lipinski definition) is 2. The second-order valence-corrected chi connectivity index (χ2v) is 7.51. The van der Waals surface area contributed by atoms with Crippen LogP contribution < -0.4 is 0 Å². The summed E-state index contributed by atoms with van der Waals surface area (Å²) in [7, 11) is 0. The quantitative estimate of drug-likeness (QED) is 0.686. The van der Waals surface area contributed by atoms with Gasteiger partial charge in [-0.3, -0.25) is 4.79 Å². The molecule has 0 aliphatic heterocycles. The molecule has 0 amide bonds. The normalized spacial score (nSPS) is 47.0. The number of ketones is 1. The first-order valence-electron chi connectivity index (χ1n) is 8.21. The van der Waals surface area contributed by atoms with Crippen LogP contribution in [-0.4, -0.2) is 17.0 Å². The van der Waals surface area contributed by atoms with Crippen molar-refractivity contribution in [1.82, 2.24) is 0 Å². The fraction of sp³-hybridized carbons (Fsp3) is 0.722. The third-order valence-electron chi connectivity index (χ3n) is 6.65. The smallest absolute Gasteiger partial charge is 0.155 e. The van der Waals surface area contributed by atoms with Crippen molar-refractivity contribution in [1.29, 1.82) is 0 Å². The van der Waals surface area contributed by atoms with Gasteiger partial charge < -0.3 is 5.11 Å². The van der Waals surface area contributed by atoms with Crippen molar-refractivity contribution in [2.24, 2.45) is 23.2 Å². The molecular formula is C18H24O2. The first-order chi connectivity index (χ1) is 9.59. The molecule has 5 atom stereocenters. The average molecular weight is 272 g/mol. The standard InChI is InChI=1S/C18H24O2/c1-18-9-8-14-13-5-3-12(19)10-11(13)2-4-15(14)16(18)6-7-17(18)20/h6,10,13-15,17,20H,2-5,7-9H2,1H3. The first-order valence-corrected chi connectivity index (χ1v) is 8.21. The Morgan fingerprint density at radius 1 is 1.20 bits per heavy atom. The van der Waals surface area contributed by atoms with Gasteiger partial charge in [-0.2, -0.15) is 0 Å². The second-order valence-electron chi connectivity index (χ2n) is 7.51. The van der Waals surface area contributed by atoms with E-state index in [9.17, 15) is 9.90 Å². The van der Waals surface area contributed by atoms with Crippen LogP contribution in [0, 0.1) is 23.2 Å². The summed E-state index contributed by atoms with van der Waals surface area (Å²) < 4.78 is 0. The molecule has 4 rings (SSSR count). The lowest BCUT2D eigenvalue weighted by atomic mass is 9.54. The topological polar surface area (TPSA) is 37.3 Å². The van der Waals surface area contributed by atoms with E-state index >= 15 is 0 Å². The number of aliphatic hydroxyl groups is 1. The summed E-state index contributed by atoms with van der Waals surface area (Å²) in [6.07, 6.45) is 11.4. The SMILES string of the molecule is CC12CCC3C4CCC(=O)C=C4CCC3C1=CCC2O. The van der Waals surface area contributed by atoms with Crippen molar-refractivity contribution >= 4 is 5.78 Å². The minimum absolute atomic E-state index is 0.0485. The van der Waals surface area contributed by atoms with Gasteiger partial charge in [0.25, 0.3) is 0 Å². The van der Waals surface area contributed by atoms with E-state index in [0.29, 0.717) is 17.6 Å². The van der Waals surface area contributed by atoms with Gasteiger partial charge in [0.15, 0.2) is 5.78 Å². The molecule has 2 nitrogen and oxygen atoms in total. The Morgan fingerprint density at radius 3 is 2.85 bits per heavy atom. The van der Waals surface area contributed by atoms with Crippen LogP contribution in [0.25, 0.3) is 0 Å². The highest BCUT2D eigenvalue weighted by molar-refractivity contribution is 5.91. The molecule has 0 heterocycles. The molecule has 2 fully saturated rings. The number of aliphatic hydroxyl groups excluding tert-OH is 1.